The first-order valence-corrected chi connectivity index (χ1v) is 15.8. The van der Waals surface area contributed by atoms with Crippen LogP contribution in [0.25, 0.3) is 5.70 Å². The number of aromatic nitrogens is 2. The molecule has 1 saturated heterocycles. The fourth-order valence-corrected chi connectivity index (χ4v) is 7.48. The molecule has 2 aromatic carbocycles. The van der Waals surface area contributed by atoms with Crippen LogP contribution in [0, 0.1) is 17.2 Å². The van der Waals surface area contributed by atoms with Gasteiger partial charge in [0.1, 0.15) is 6.04 Å². The summed E-state index contributed by atoms with van der Waals surface area (Å²) >= 11 is 0. The summed E-state index contributed by atoms with van der Waals surface area (Å²) in [5.74, 6) is -0.107. The van der Waals surface area contributed by atoms with Gasteiger partial charge >= 0.3 is 5.76 Å². The third kappa shape index (κ3) is 5.41. The highest BCUT2D eigenvalue weighted by molar-refractivity contribution is 5.94. The summed E-state index contributed by atoms with van der Waals surface area (Å²) in [5, 5.41) is 15.9. The highest BCUT2D eigenvalue weighted by atomic mass is 16.5. The van der Waals surface area contributed by atoms with Gasteiger partial charge in [-0.05, 0) is 91.0 Å². The molecular formula is C35H41N7O4. The summed E-state index contributed by atoms with van der Waals surface area (Å²) in [4.78, 5) is 48.5. The number of H-pyrrole nitrogens is 1. The van der Waals surface area contributed by atoms with Crippen LogP contribution in [0.2, 0.25) is 0 Å². The van der Waals surface area contributed by atoms with Crippen LogP contribution in [0.5, 0.6) is 0 Å². The Bertz CT molecular complexity index is 1730. The van der Waals surface area contributed by atoms with Crippen molar-refractivity contribution in [3.63, 3.8) is 0 Å². The lowest BCUT2D eigenvalue weighted by atomic mass is 9.67. The van der Waals surface area contributed by atoms with Crippen LogP contribution in [0.1, 0.15) is 70.2 Å². The third-order valence-corrected chi connectivity index (χ3v) is 9.92. The smallest absolute Gasteiger partial charge is 0.378 e. The molecule has 2 fully saturated rings. The number of hydrogen-bond acceptors (Lipinski definition) is 8. The third-order valence-electron chi connectivity index (χ3n) is 9.92. The zero-order valence-electron chi connectivity index (χ0n) is 27.1. The van der Waals surface area contributed by atoms with Gasteiger partial charge in [0.05, 0.1) is 18.0 Å². The van der Waals surface area contributed by atoms with Crippen molar-refractivity contribution in [3.8, 4) is 6.07 Å². The number of carbonyl (C=O) groups is 2. The molecule has 5 atom stereocenters. The number of amides is 2. The Labute approximate surface area is 268 Å². The predicted octanol–water partition coefficient (Wildman–Crippen LogP) is 2.91. The second-order valence-electron chi connectivity index (χ2n) is 13.4. The van der Waals surface area contributed by atoms with Crippen LogP contribution in [0.15, 0.2) is 52.3 Å². The molecule has 1 aromatic heterocycles. The van der Waals surface area contributed by atoms with Crippen molar-refractivity contribution in [3.05, 3.63) is 92.7 Å². The van der Waals surface area contributed by atoms with E-state index in [4.69, 9.17) is 4.52 Å². The molecule has 11 nitrogen and oxygen atoms in total. The predicted molar refractivity (Wildman–Crippen MR) is 173 cm³/mol. The van der Waals surface area contributed by atoms with Crippen LogP contribution in [0.4, 0.5) is 0 Å². The maximum absolute atomic E-state index is 13.4. The van der Waals surface area contributed by atoms with Crippen molar-refractivity contribution in [1.29, 1.82) is 5.26 Å². The van der Waals surface area contributed by atoms with Crippen LogP contribution in [-0.4, -0.2) is 89.5 Å². The summed E-state index contributed by atoms with van der Waals surface area (Å²) in [7, 11) is 7.37. The van der Waals surface area contributed by atoms with Gasteiger partial charge in [0.25, 0.3) is 5.91 Å². The van der Waals surface area contributed by atoms with Crippen molar-refractivity contribution in [1.82, 2.24) is 30.2 Å². The molecule has 1 aliphatic heterocycles. The topological polar surface area (TPSA) is 139 Å². The van der Waals surface area contributed by atoms with E-state index in [2.05, 4.69) is 40.2 Å². The standard InChI is InChI=1S/C35H41N7O4/c1-20(37-19-31(43)42-27(18-36)15-26-16-30(26)42)17-35(33-38-34(45)46-39-33)28-11-9-22(21(2)40(3)4)13-23(28)7-8-24-14-25(10-12-29(24)35)32(44)41(5)6/h9-14,20,26-27,30,37H,2,7-8,15-17,19H2,1,3-6H3,(H,38,39,45)/t20-,26-,27?,30+,35?/m1/s1. The lowest BCUT2D eigenvalue weighted by Gasteiger charge is -2.37. The second kappa shape index (κ2) is 11.9. The molecule has 2 unspecified atom stereocenters. The monoisotopic (exact) mass is 623 g/mol. The number of benzene rings is 2. The Balaban J connectivity index is 1.44. The number of hydrogen-bond donors (Lipinski definition) is 2. The minimum absolute atomic E-state index is 0.0763. The molecule has 11 heteroatoms. The molecule has 46 heavy (non-hydrogen) atoms. The Hall–Kier alpha value is -4.69. The minimum Gasteiger partial charge on any atom is -0.378 e. The highest BCUT2D eigenvalue weighted by Gasteiger charge is 2.54. The molecule has 3 aromatic rings. The number of fused-ring (bicyclic) bond motifs is 3. The van der Waals surface area contributed by atoms with E-state index >= 15 is 0 Å². The minimum atomic E-state index is -0.981. The second-order valence-corrected chi connectivity index (χ2v) is 13.4. The van der Waals surface area contributed by atoms with E-state index in [0.717, 1.165) is 46.4 Å². The quantitative estimate of drug-likeness (QED) is 0.371. The maximum Gasteiger partial charge on any atom is 0.459 e. The lowest BCUT2D eigenvalue weighted by molar-refractivity contribution is -0.131. The molecular weight excluding hydrogens is 582 g/mol. The SMILES string of the molecule is C=C(c1ccc2c(c1)CCc1cc(C(=O)N(C)C)ccc1C2(C[C@@H](C)NCC(=O)N1C(C#N)C[C@@H]2C[C@@H]21)c1nc(=O)o[nH]1)N(C)C. The Morgan fingerprint density at radius 3 is 2.35 bits per heavy atom. The molecule has 240 valence electrons. The fourth-order valence-electron chi connectivity index (χ4n) is 7.48. The van der Waals surface area contributed by atoms with E-state index in [-0.39, 0.29) is 36.5 Å². The van der Waals surface area contributed by atoms with Gasteiger partial charge in [-0.25, -0.2) is 9.95 Å². The first-order chi connectivity index (χ1) is 21.9. The largest absolute Gasteiger partial charge is 0.459 e. The summed E-state index contributed by atoms with van der Waals surface area (Å²) in [6, 6.07) is 13.9. The molecule has 0 bridgehead atoms. The average molecular weight is 624 g/mol. The van der Waals surface area contributed by atoms with Crippen molar-refractivity contribution in [2.45, 2.75) is 62.6 Å². The Kier molecular flexibility index (Phi) is 8.11. The van der Waals surface area contributed by atoms with Gasteiger partial charge in [0.2, 0.25) is 5.91 Å². The van der Waals surface area contributed by atoms with Gasteiger partial charge in [-0.2, -0.15) is 10.2 Å². The average Bonchev–Trinajstić information content (AvgIpc) is 3.53. The van der Waals surface area contributed by atoms with Gasteiger partial charge < -0.3 is 24.5 Å². The number of aryl methyl sites for hydroxylation is 2. The fraction of sp³-hybridized carbons (Fsp3) is 0.457. The molecule has 1 saturated carbocycles. The number of nitrogens with zero attached hydrogens (tertiary/aromatic N) is 5. The van der Waals surface area contributed by atoms with Crippen molar-refractivity contribution in [2.24, 2.45) is 5.92 Å². The van der Waals surface area contributed by atoms with E-state index in [9.17, 15) is 19.6 Å². The zero-order chi connectivity index (χ0) is 32.9. The van der Waals surface area contributed by atoms with Crippen molar-refractivity contribution < 1.29 is 14.1 Å². The van der Waals surface area contributed by atoms with Crippen LogP contribution < -0.4 is 11.1 Å². The molecule has 2 aliphatic carbocycles. The van der Waals surface area contributed by atoms with E-state index in [1.807, 2.05) is 50.2 Å². The van der Waals surface area contributed by atoms with E-state index in [1.54, 1.807) is 23.9 Å². The number of carbonyl (C=O) groups excluding carboxylic acids is 2. The maximum atomic E-state index is 13.4. The van der Waals surface area contributed by atoms with Gasteiger partial charge in [0, 0.05) is 51.5 Å². The normalized spacial score (nSPS) is 23.3. The molecule has 6 rings (SSSR count). The Morgan fingerprint density at radius 2 is 1.76 bits per heavy atom. The van der Waals surface area contributed by atoms with Gasteiger partial charge in [-0.1, -0.05) is 24.8 Å². The van der Waals surface area contributed by atoms with E-state index < -0.39 is 11.2 Å². The summed E-state index contributed by atoms with van der Waals surface area (Å²) in [5.41, 5.74) is 5.35. The van der Waals surface area contributed by atoms with Crippen LogP contribution >= 0.6 is 0 Å². The number of likely N-dealkylation sites (tertiary alicyclic amines) is 1. The van der Waals surface area contributed by atoms with Gasteiger partial charge in [-0.15, -0.1) is 0 Å². The Morgan fingerprint density at radius 1 is 1.11 bits per heavy atom. The first-order valence-electron chi connectivity index (χ1n) is 15.8. The number of piperidine rings is 1. The van der Waals surface area contributed by atoms with E-state index in [1.165, 1.54) is 0 Å². The number of aromatic amines is 1. The molecule has 2 heterocycles. The molecule has 2 amide bonds. The van der Waals surface area contributed by atoms with Crippen LogP contribution in [-0.2, 0) is 23.1 Å². The van der Waals surface area contributed by atoms with Crippen molar-refractivity contribution in [2.75, 3.05) is 34.7 Å². The molecule has 0 spiro atoms. The zero-order valence-corrected chi connectivity index (χ0v) is 27.1. The number of rotatable bonds is 9. The number of nitrogens with one attached hydrogen (secondary N) is 2. The summed E-state index contributed by atoms with van der Waals surface area (Å²) in [6.45, 7) is 6.36. The first kappa shape index (κ1) is 31.3. The highest BCUT2D eigenvalue weighted by Crippen LogP contribution is 2.48. The van der Waals surface area contributed by atoms with Gasteiger partial charge in [0.15, 0.2) is 5.82 Å². The molecule has 0 radical (unpaired) electrons. The summed E-state index contributed by atoms with van der Waals surface area (Å²) < 4.78 is 5.20. The van der Waals surface area contributed by atoms with Crippen molar-refractivity contribution >= 4 is 17.5 Å². The summed E-state index contributed by atoms with van der Waals surface area (Å²) in [6.07, 6.45) is 3.49. The molecule has 2 N–H and O–H groups in total. The molecule has 3 aliphatic rings. The van der Waals surface area contributed by atoms with Gasteiger partial charge in [-0.3, -0.25) is 9.59 Å². The number of nitriles is 1. The van der Waals surface area contributed by atoms with Crippen LogP contribution in [0.3, 0.4) is 0 Å². The lowest BCUT2D eigenvalue weighted by Crippen LogP contribution is -2.46. The van der Waals surface area contributed by atoms with E-state index in [0.29, 0.717) is 36.6 Å².